The van der Waals surface area contributed by atoms with Crippen molar-refractivity contribution >= 4 is 8.22 Å². The normalized spacial score (nSPS) is 17.2. The highest BCUT2D eigenvalue weighted by Gasteiger charge is 2.30. The minimum atomic E-state index is -0.412. The molecule has 0 saturated carbocycles. The fourth-order valence-electron chi connectivity index (χ4n) is 2.67. The van der Waals surface area contributed by atoms with Gasteiger partial charge in [-0.1, -0.05) is 44.2 Å². The van der Waals surface area contributed by atoms with Crippen LogP contribution in [-0.2, 0) is 0 Å². The summed E-state index contributed by atoms with van der Waals surface area (Å²) in [7, 11) is -0.412. The Balaban J connectivity index is 3.18. The monoisotopic (exact) mass is 294 g/mol. The van der Waals surface area contributed by atoms with Gasteiger partial charge in [0, 0.05) is 30.5 Å². The van der Waals surface area contributed by atoms with Gasteiger partial charge in [0.25, 0.3) is 0 Å². The first kappa shape index (κ1) is 17.6. The lowest BCUT2D eigenvalue weighted by atomic mass is 10.3. The molecule has 0 fully saturated rings. The molecule has 0 heterocycles. The van der Waals surface area contributed by atoms with Gasteiger partial charge in [-0.25, -0.2) is 0 Å². The molecule has 0 radical (unpaired) electrons. The van der Waals surface area contributed by atoms with E-state index in [0.717, 1.165) is 19.5 Å². The number of rotatable bonds is 7. The molecule has 0 spiro atoms. The molecule has 2 nitrogen and oxygen atoms in total. The maximum absolute atomic E-state index is 2.68. The summed E-state index contributed by atoms with van der Waals surface area (Å²) >= 11 is 0. The van der Waals surface area contributed by atoms with Crippen LogP contribution in [0.25, 0.3) is 0 Å². The van der Waals surface area contributed by atoms with Gasteiger partial charge < -0.3 is 0 Å². The van der Waals surface area contributed by atoms with Gasteiger partial charge >= 0.3 is 0 Å². The first-order valence-corrected chi connectivity index (χ1v) is 9.14. The lowest BCUT2D eigenvalue weighted by Crippen LogP contribution is -2.38. The molecule has 0 N–H and O–H groups in total. The van der Waals surface area contributed by atoms with Gasteiger partial charge in [0.05, 0.1) is 8.22 Å². The third-order valence-corrected chi connectivity index (χ3v) is 6.69. The maximum atomic E-state index is 2.68. The summed E-state index contributed by atoms with van der Waals surface area (Å²) in [4.78, 5) is 0. The van der Waals surface area contributed by atoms with E-state index in [1.165, 1.54) is 5.31 Å². The van der Waals surface area contributed by atoms with Crippen LogP contribution in [-0.4, -0.2) is 34.5 Å². The molecule has 20 heavy (non-hydrogen) atoms. The second kappa shape index (κ2) is 8.77. The molecule has 0 aromatic carbocycles. The molecule has 114 valence electrons. The van der Waals surface area contributed by atoms with E-state index in [4.69, 9.17) is 0 Å². The third-order valence-electron chi connectivity index (χ3n) is 3.47. The Hall–Kier alpha value is -0.430. The average Bonchev–Trinajstić information content (AvgIpc) is 2.66. The standard InChI is InChI=1S/C17H31N2P/c1-7-18(8-2)20(19(15(3)4)16(5)6)17-13-11-9-10-12-14-17/h9,11-16H,7-8,10H2,1-6H3. The summed E-state index contributed by atoms with van der Waals surface area (Å²) < 4.78 is 5.29. The average molecular weight is 294 g/mol. The van der Waals surface area contributed by atoms with Gasteiger partial charge in [-0.2, -0.15) is 0 Å². The van der Waals surface area contributed by atoms with Gasteiger partial charge in [0.1, 0.15) is 0 Å². The summed E-state index contributed by atoms with van der Waals surface area (Å²) in [5.41, 5.74) is 0. The van der Waals surface area contributed by atoms with Gasteiger partial charge in [0.2, 0.25) is 0 Å². The zero-order valence-corrected chi connectivity index (χ0v) is 14.9. The van der Waals surface area contributed by atoms with Crippen LogP contribution < -0.4 is 0 Å². The number of allylic oxidation sites excluding steroid dienone is 6. The minimum Gasteiger partial charge on any atom is -0.267 e. The number of hydrogen-bond acceptors (Lipinski definition) is 2. The molecule has 0 aromatic heterocycles. The molecule has 0 bridgehead atoms. The summed E-state index contributed by atoms with van der Waals surface area (Å²) in [5.74, 6) is 0. The fourth-order valence-corrected chi connectivity index (χ4v) is 5.42. The first-order chi connectivity index (χ1) is 9.52. The Morgan fingerprint density at radius 1 is 1.05 bits per heavy atom. The second-order valence-corrected chi connectivity index (χ2v) is 7.78. The quantitative estimate of drug-likeness (QED) is 0.598. The molecule has 1 rings (SSSR count). The molecule has 0 saturated heterocycles. The third kappa shape index (κ3) is 4.55. The molecular weight excluding hydrogens is 263 g/mol. The van der Waals surface area contributed by atoms with Crippen molar-refractivity contribution in [3.63, 3.8) is 0 Å². The van der Waals surface area contributed by atoms with Crippen LogP contribution >= 0.6 is 8.22 Å². The van der Waals surface area contributed by atoms with Crippen LogP contribution in [0.15, 0.2) is 35.7 Å². The van der Waals surface area contributed by atoms with E-state index in [2.05, 4.69) is 81.3 Å². The Kier molecular flexibility index (Phi) is 7.72. The summed E-state index contributed by atoms with van der Waals surface area (Å²) in [6, 6.07) is 1.12. The van der Waals surface area contributed by atoms with Crippen molar-refractivity contribution in [1.82, 2.24) is 9.34 Å². The van der Waals surface area contributed by atoms with E-state index in [1.807, 2.05) is 0 Å². The van der Waals surface area contributed by atoms with E-state index in [0.29, 0.717) is 12.1 Å². The predicted molar refractivity (Wildman–Crippen MR) is 92.9 cm³/mol. The molecule has 1 atom stereocenters. The molecule has 3 heteroatoms. The highest BCUT2D eigenvalue weighted by Crippen LogP contribution is 2.54. The van der Waals surface area contributed by atoms with Crippen molar-refractivity contribution in [2.45, 2.75) is 60.0 Å². The van der Waals surface area contributed by atoms with E-state index in [9.17, 15) is 0 Å². The van der Waals surface area contributed by atoms with Crippen molar-refractivity contribution in [1.29, 1.82) is 0 Å². The topological polar surface area (TPSA) is 6.48 Å². The van der Waals surface area contributed by atoms with Gasteiger partial charge in [-0.05, 0) is 34.1 Å². The van der Waals surface area contributed by atoms with Crippen molar-refractivity contribution in [3.05, 3.63) is 35.7 Å². The molecule has 0 aromatic rings. The van der Waals surface area contributed by atoms with Crippen molar-refractivity contribution in [3.8, 4) is 0 Å². The Morgan fingerprint density at radius 3 is 2.15 bits per heavy atom. The van der Waals surface area contributed by atoms with Gasteiger partial charge in [-0.15, -0.1) is 0 Å². The molecule has 1 aliphatic rings. The van der Waals surface area contributed by atoms with Crippen LogP contribution in [0.5, 0.6) is 0 Å². The first-order valence-electron chi connectivity index (χ1n) is 7.89. The summed E-state index contributed by atoms with van der Waals surface area (Å²) in [6.07, 6.45) is 12.4. The van der Waals surface area contributed by atoms with Crippen LogP contribution in [0.1, 0.15) is 48.0 Å². The second-order valence-electron chi connectivity index (χ2n) is 5.65. The SMILES string of the molecule is CCN(CC)P(C1=CC=CCC=C1)N(C(C)C)C(C)C. The Bertz CT molecular complexity index is 357. The lowest BCUT2D eigenvalue weighted by molar-refractivity contribution is 0.301. The van der Waals surface area contributed by atoms with E-state index in [-0.39, 0.29) is 0 Å². The smallest absolute Gasteiger partial charge is 0.0729 e. The van der Waals surface area contributed by atoms with Crippen molar-refractivity contribution < 1.29 is 0 Å². The Morgan fingerprint density at radius 2 is 1.65 bits per heavy atom. The number of nitrogens with zero attached hydrogens (tertiary/aromatic N) is 2. The largest absolute Gasteiger partial charge is 0.267 e. The Labute approximate surface area is 127 Å². The number of hydrogen-bond donors (Lipinski definition) is 0. The molecule has 0 aliphatic heterocycles. The van der Waals surface area contributed by atoms with E-state index in [1.54, 1.807) is 0 Å². The zero-order valence-electron chi connectivity index (χ0n) is 14.0. The maximum Gasteiger partial charge on any atom is 0.0729 e. The summed E-state index contributed by atoms with van der Waals surface area (Å²) in [5, 5.41) is 1.47. The van der Waals surface area contributed by atoms with E-state index >= 15 is 0 Å². The van der Waals surface area contributed by atoms with Crippen molar-refractivity contribution in [2.75, 3.05) is 13.1 Å². The van der Waals surface area contributed by atoms with Crippen LogP contribution in [0.4, 0.5) is 0 Å². The fraction of sp³-hybridized carbons (Fsp3) is 0.647. The van der Waals surface area contributed by atoms with E-state index < -0.39 is 8.22 Å². The minimum absolute atomic E-state index is 0.412. The highest BCUT2D eigenvalue weighted by atomic mass is 31.1. The molecule has 1 aliphatic carbocycles. The molecule has 1 unspecified atom stereocenters. The lowest BCUT2D eigenvalue weighted by Gasteiger charge is -2.43. The molecular formula is C17H31N2P. The van der Waals surface area contributed by atoms with Gasteiger partial charge in [-0.3, -0.25) is 9.34 Å². The summed E-state index contributed by atoms with van der Waals surface area (Å²) in [6.45, 7) is 16.0. The molecule has 0 amide bonds. The van der Waals surface area contributed by atoms with Crippen LogP contribution in [0, 0.1) is 0 Å². The van der Waals surface area contributed by atoms with Crippen LogP contribution in [0.3, 0.4) is 0 Å². The van der Waals surface area contributed by atoms with Crippen LogP contribution in [0.2, 0.25) is 0 Å². The predicted octanol–water partition coefficient (Wildman–Crippen LogP) is 5.16. The zero-order chi connectivity index (χ0) is 15.1. The highest BCUT2D eigenvalue weighted by molar-refractivity contribution is 7.57. The van der Waals surface area contributed by atoms with Crippen molar-refractivity contribution in [2.24, 2.45) is 0 Å². The van der Waals surface area contributed by atoms with Gasteiger partial charge in [0.15, 0.2) is 0 Å².